The van der Waals surface area contributed by atoms with Crippen molar-refractivity contribution in [2.45, 2.75) is 51.1 Å². The fourth-order valence-electron chi connectivity index (χ4n) is 4.14. The van der Waals surface area contributed by atoms with Gasteiger partial charge >= 0.3 is 0 Å². The molecule has 0 aliphatic heterocycles. The summed E-state index contributed by atoms with van der Waals surface area (Å²) in [5, 5.41) is 3.51. The van der Waals surface area contributed by atoms with E-state index >= 15 is 0 Å². The number of nitrogens with one attached hydrogen (secondary N) is 1. The predicted molar refractivity (Wildman–Crippen MR) is 163 cm³/mol. The summed E-state index contributed by atoms with van der Waals surface area (Å²) in [5.41, 5.74) is 1.71. The molecule has 3 rings (SSSR count). The summed E-state index contributed by atoms with van der Waals surface area (Å²) < 4.78 is 34.4. The fraction of sp³-hybridized carbons (Fsp3) is 0.333. The molecule has 0 bridgehead atoms. The van der Waals surface area contributed by atoms with Gasteiger partial charge in [0.15, 0.2) is 0 Å². The Balaban J connectivity index is 2.05. The van der Waals surface area contributed by atoms with E-state index in [0.29, 0.717) is 22.2 Å². The van der Waals surface area contributed by atoms with Crippen LogP contribution in [0.1, 0.15) is 37.8 Å². The van der Waals surface area contributed by atoms with Crippen LogP contribution in [-0.4, -0.2) is 51.4 Å². The van der Waals surface area contributed by atoms with Crippen LogP contribution in [0.2, 0.25) is 10.0 Å². The summed E-state index contributed by atoms with van der Waals surface area (Å²) in [6.45, 7) is 5.36. The molecule has 3 aromatic rings. The fourth-order valence-corrected chi connectivity index (χ4v) is 5.89. The van der Waals surface area contributed by atoms with E-state index in [2.05, 4.69) is 5.32 Å². The van der Waals surface area contributed by atoms with E-state index in [1.807, 2.05) is 13.8 Å². The van der Waals surface area contributed by atoms with Crippen molar-refractivity contribution in [3.8, 4) is 5.75 Å². The lowest BCUT2D eigenvalue weighted by Crippen LogP contribution is -2.51. The maximum atomic E-state index is 14.0. The van der Waals surface area contributed by atoms with Crippen LogP contribution in [0.4, 0.5) is 5.69 Å². The predicted octanol–water partition coefficient (Wildman–Crippen LogP) is 5.84. The molecular weight excluding hydrogens is 585 g/mol. The molecule has 2 amide bonds. The van der Waals surface area contributed by atoms with Gasteiger partial charge in [-0.15, -0.1) is 0 Å². The second-order valence-corrected chi connectivity index (χ2v) is 12.3. The highest BCUT2D eigenvalue weighted by Gasteiger charge is 2.33. The number of amides is 2. The van der Waals surface area contributed by atoms with Crippen LogP contribution in [0.15, 0.2) is 71.6 Å². The SMILES string of the molecule is CCCCNC(=O)[C@H](C)N(Cc1ccc(Cl)c(Cl)c1)C(=O)CN(c1ccccc1OC)S(=O)(=O)c1ccc(C)cc1. The lowest BCUT2D eigenvalue weighted by molar-refractivity contribution is -0.139. The van der Waals surface area contributed by atoms with Crippen LogP contribution in [0.25, 0.3) is 0 Å². The van der Waals surface area contributed by atoms with Crippen LogP contribution in [0.5, 0.6) is 5.75 Å². The Morgan fingerprint density at radius 3 is 2.32 bits per heavy atom. The number of carbonyl (C=O) groups is 2. The maximum Gasteiger partial charge on any atom is 0.264 e. The molecule has 0 aliphatic carbocycles. The summed E-state index contributed by atoms with van der Waals surface area (Å²) >= 11 is 12.3. The Labute approximate surface area is 252 Å². The van der Waals surface area contributed by atoms with Gasteiger partial charge in [0.05, 0.1) is 27.7 Å². The largest absolute Gasteiger partial charge is 0.495 e. The Morgan fingerprint density at radius 2 is 1.68 bits per heavy atom. The molecule has 0 radical (unpaired) electrons. The molecule has 0 fully saturated rings. The number of halogens is 2. The average molecular weight is 621 g/mol. The highest BCUT2D eigenvalue weighted by atomic mass is 35.5. The molecule has 0 saturated carbocycles. The van der Waals surface area contributed by atoms with E-state index in [1.54, 1.807) is 61.5 Å². The van der Waals surface area contributed by atoms with Gasteiger partial charge in [-0.2, -0.15) is 0 Å². The van der Waals surface area contributed by atoms with Gasteiger partial charge in [-0.1, -0.05) is 72.4 Å². The molecule has 3 aromatic carbocycles. The summed E-state index contributed by atoms with van der Waals surface area (Å²) in [7, 11) is -2.79. The Hall–Kier alpha value is -3.27. The molecule has 11 heteroatoms. The molecule has 0 unspecified atom stereocenters. The van der Waals surface area contributed by atoms with E-state index in [1.165, 1.54) is 24.1 Å². The zero-order valence-corrected chi connectivity index (χ0v) is 25.9. The van der Waals surface area contributed by atoms with Gasteiger partial charge in [-0.25, -0.2) is 8.42 Å². The standard InChI is InChI=1S/C30H35Cl2N3O5S/c1-5-6-17-33-30(37)22(3)34(19-23-13-16-25(31)26(32)18-23)29(36)20-35(27-9-7-8-10-28(27)40-4)41(38,39)24-14-11-21(2)12-15-24/h7-16,18,22H,5-6,17,19-20H2,1-4H3,(H,33,37)/t22-/m0/s1. The number of rotatable bonds is 13. The molecule has 0 aliphatic rings. The average Bonchev–Trinajstić information content (AvgIpc) is 2.96. The molecule has 41 heavy (non-hydrogen) atoms. The number of aryl methyl sites for hydroxylation is 1. The number of hydrogen-bond acceptors (Lipinski definition) is 5. The Kier molecular flexibility index (Phi) is 11.5. The quantitative estimate of drug-likeness (QED) is 0.243. The molecule has 1 atom stereocenters. The second kappa shape index (κ2) is 14.6. The minimum absolute atomic E-state index is 0.00241. The number of ether oxygens (including phenoxy) is 1. The van der Waals surface area contributed by atoms with E-state index in [-0.39, 0.29) is 28.8 Å². The van der Waals surface area contributed by atoms with Crippen LogP contribution >= 0.6 is 23.2 Å². The zero-order valence-electron chi connectivity index (χ0n) is 23.6. The first kappa shape index (κ1) is 32.2. The van der Waals surface area contributed by atoms with Crippen molar-refractivity contribution in [3.63, 3.8) is 0 Å². The van der Waals surface area contributed by atoms with Crippen molar-refractivity contribution in [1.29, 1.82) is 0 Å². The van der Waals surface area contributed by atoms with Crippen LogP contribution in [-0.2, 0) is 26.2 Å². The minimum Gasteiger partial charge on any atom is -0.495 e. The van der Waals surface area contributed by atoms with Gasteiger partial charge in [0.25, 0.3) is 10.0 Å². The topological polar surface area (TPSA) is 96.0 Å². The summed E-state index contributed by atoms with van der Waals surface area (Å²) in [5.74, 6) is -0.662. The highest BCUT2D eigenvalue weighted by Crippen LogP contribution is 2.33. The normalized spacial score (nSPS) is 12.0. The van der Waals surface area contributed by atoms with Crippen LogP contribution in [0, 0.1) is 6.92 Å². The number of carbonyl (C=O) groups excluding carboxylic acids is 2. The van der Waals surface area contributed by atoms with Gasteiger partial charge in [0.2, 0.25) is 11.8 Å². The smallest absolute Gasteiger partial charge is 0.264 e. The van der Waals surface area contributed by atoms with Crippen molar-refractivity contribution in [3.05, 3.63) is 87.9 Å². The molecule has 0 saturated heterocycles. The minimum atomic E-state index is -4.21. The van der Waals surface area contributed by atoms with Crippen LogP contribution in [0.3, 0.4) is 0 Å². The number of anilines is 1. The number of methoxy groups -OCH3 is 1. The molecule has 0 spiro atoms. The summed E-state index contributed by atoms with van der Waals surface area (Å²) in [4.78, 5) is 28.5. The van der Waals surface area contributed by atoms with Gasteiger partial charge < -0.3 is 15.0 Å². The van der Waals surface area contributed by atoms with E-state index in [0.717, 1.165) is 22.7 Å². The molecule has 1 N–H and O–H groups in total. The van der Waals surface area contributed by atoms with Gasteiger partial charge in [0.1, 0.15) is 18.3 Å². The lowest BCUT2D eigenvalue weighted by Gasteiger charge is -2.32. The lowest BCUT2D eigenvalue weighted by atomic mass is 10.1. The van der Waals surface area contributed by atoms with Crippen molar-refractivity contribution in [2.75, 3.05) is 24.5 Å². The number of benzene rings is 3. The molecule has 8 nitrogen and oxygen atoms in total. The van der Waals surface area contributed by atoms with Crippen molar-refractivity contribution in [1.82, 2.24) is 10.2 Å². The molecule has 0 heterocycles. The van der Waals surface area contributed by atoms with Gasteiger partial charge in [-0.3, -0.25) is 13.9 Å². The van der Waals surface area contributed by atoms with Gasteiger partial charge in [-0.05, 0) is 62.2 Å². The first-order valence-electron chi connectivity index (χ1n) is 13.2. The number of unbranched alkanes of at least 4 members (excludes halogenated alkanes) is 1. The van der Waals surface area contributed by atoms with E-state index in [9.17, 15) is 18.0 Å². The number of hydrogen-bond donors (Lipinski definition) is 1. The van der Waals surface area contributed by atoms with Crippen molar-refractivity contribution in [2.24, 2.45) is 0 Å². The van der Waals surface area contributed by atoms with E-state index in [4.69, 9.17) is 27.9 Å². The van der Waals surface area contributed by atoms with E-state index < -0.39 is 28.5 Å². The third-order valence-electron chi connectivity index (χ3n) is 6.58. The van der Waals surface area contributed by atoms with Crippen LogP contribution < -0.4 is 14.4 Å². The second-order valence-electron chi connectivity index (χ2n) is 9.59. The summed E-state index contributed by atoms with van der Waals surface area (Å²) in [6.07, 6.45) is 1.68. The Morgan fingerprint density at radius 1 is 1.00 bits per heavy atom. The third kappa shape index (κ3) is 8.15. The third-order valence-corrected chi connectivity index (χ3v) is 9.09. The first-order chi connectivity index (χ1) is 19.5. The summed E-state index contributed by atoms with van der Waals surface area (Å²) in [6, 6.07) is 17.0. The first-order valence-corrected chi connectivity index (χ1v) is 15.4. The number of para-hydroxylation sites is 2. The van der Waals surface area contributed by atoms with Gasteiger partial charge in [0, 0.05) is 13.1 Å². The van der Waals surface area contributed by atoms with Crippen molar-refractivity contribution < 1.29 is 22.7 Å². The monoisotopic (exact) mass is 619 g/mol. The Bertz CT molecular complexity index is 1470. The highest BCUT2D eigenvalue weighted by molar-refractivity contribution is 7.92. The molecular formula is C30H35Cl2N3O5S. The number of sulfonamides is 1. The van der Waals surface area contributed by atoms with Crippen molar-refractivity contribution >= 4 is 50.7 Å². The maximum absolute atomic E-state index is 14.0. The molecule has 0 aromatic heterocycles. The number of nitrogens with zero attached hydrogens (tertiary/aromatic N) is 2. The molecule has 220 valence electrons. The zero-order chi connectivity index (χ0) is 30.2.